The molecule has 1 aliphatic rings. The number of Topliss-reactive ketones (excluding diaryl/α,β-unsaturated/α-hetero) is 1. The van der Waals surface area contributed by atoms with Crippen molar-refractivity contribution in [3.05, 3.63) is 58.2 Å². The van der Waals surface area contributed by atoms with Crippen molar-refractivity contribution in [1.29, 1.82) is 0 Å². The van der Waals surface area contributed by atoms with E-state index in [0.717, 1.165) is 32.9 Å². The Balaban J connectivity index is 1.60. The summed E-state index contributed by atoms with van der Waals surface area (Å²) in [5.74, 6) is 0.636. The number of thioether (sulfide) groups is 1. The first-order chi connectivity index (χ1) is 11.7. The summed E-state index contributed by atoms with van der Waals surface area (Å²) in [7, 11) is 0. The van der Waals surface area contributed by atoms with Crippen molar-refractivity contribution in [3.8, 4) is 0 Å². The highest BCUT2D eigenvalue weighted by atomic mass is 35.5. The molecule has 2 heterocycles. The molecule has 1 N–H and O–H groups in total. The Labute approximate surface area is 148 Å². The molecule has 0 aliphatic heterocycles. The van der Waals surface area contributed by atoms with Crippen LogP contribution in [0.4, 0.5) is 0 Å². The molecule has 120 valence electrons. The third-order valence-electron chi connectivity index (χ3n) is 4.17. The average molecular weight is 355 g/mol. The predicted molar refractivity (Wildman–Crippen MR) is 99.6 cm³/mol. The maximum atomic E-state index is 12.6. The van der Waals surface area contributed by atoms with Gasteiger partial charge in [0.2, 0.25) is 0 Å². The largest absolute Gasteiger partial charge is 0.339 e. The number of fused-ring (bicyclic) bond motifs is 3. The number of hydrogen-bond donors (Lipinski definition) is 1. The van der Waals surface area contributed by atoms with E-state index in [2.05, 4.69) is 22.1 Å². The number of aromatic nitrogens is 2. The van der Waals surface area contributed by atoms with Crippen LogP contribution in [0.2, 0.25) is 5.02 Å². The summed E-state index contributed by atoms with van der Waals surface area (Å²) in [6, 6.07) is 11.9. The molecule has 3 aromatic rings. The van der Waals surface area contributed by atoms with Crippen LogP contribution in [0.5, 0.6) is 0 Å². The molecule has 1 aromatic carbocycles. The molecule has 0 saturated carbocycles. The summed E-state index contributed by atoms with van der Waals surface area (Å²) < 4.78 is 0. The molecule has 2 aromatic heterocycles. The summed E-state index contributed by atoms with van der Waals surface area (Å²) in [5.41, 5.74) is 0.809. The number of nitrogens with zero attached hydrogens (tertiary/aromatic N) is 1. The summed E-state index contributed by atoms with van der Waals surface area (Å²) in [5, 5.41) is 3.64. The SMILES string of the molecule is O=C(CSc1ccccc1)C1C=c2c([nH]c3ncc(Cl)cc23)=CC1. The van der Waals surface area contributed by atoms with Gasteiger partial charge >= 0.3 is 0 Å². The minimum absolute atomic E-state index is 0.0910. The van der Waals surface area contributed by atoms with Crippen LogP contribution >= 0.6 is 23.4 Å². The standard InChI is InChI=1S/C19H15ClN2OS/c20-13-9-16-15-8-12(6-7-17(15)22-19(16)21-10-13)18(23)11-24-14-4-2-1-3-5-14/h1-5,7-10,12H,6,11H2,(H,21,22). The zero-order chi connectivity index (χ0) is 16.5. The number of carbonyl (C=O) groups excluding carboxylic acids is 1. The van der Waals surface area contributed by atoms with Gasteiger partial charge in [0, 0.05) is 33.0 Å². The molecule has 1 aliphatic carbocycles. The van der Waals surface area contributed by atoms with Crippen molar-refractivity contribution >= 4 is 52.3 Å². The molecule has 24 heavy (non-hydrogen) atoms. The van der Waals surface area contributed by atoms with Crippen LogP contribution in [0.25, 0.3) is 23.2 Å². The molecule has 3 nitrogen and oxygen atoms in total. The zero-order valence-electron chi connectivity index (χ0n) is 12.8. The second kappa shape index (κ2) is 6.46. The van der Waals surface area contributed by atoms with Crippen molar-refractivity contribution in [2.75, 3.05) is 5.75 Å². The van der Waals surface area contributed by atoms with Crippen LogP contribution in [-0.2, 0) is 4.79 Å². The highest BCUT2D eigenvalue weighted by Gasteiger charge is 2.18. The van der Waals surface area contributed by atoms with Gasteiger partial charge in [0.15, 0.2) is 0 Å². The Bertz CT molecular complexity index is 1030. The Hall–Kier alpha value is -2.04. The van der Waals surface area contributed by atoms with E-state index in [1.165, 1.54) is 0 Å². The van der Waals surface area contributed by atoms with Gasteiger partial charge in [-0.3, -0.25) is 4.79 Å². The van der Waals surface area contributed by atoms with E-state index in [9.17, 15) is 4.79 Å². The van der Waals surface area contributed by atoms with Crippen LogP contribution in [0.1, 0.15) is 6.42 Å². The van der Waals surface area contributed by atoms with Crippen molar-refractivity contribution in [3.63, 3.8) is 0 Å². The summed E-state index contributed by atoms with van der Waals surface area (Å²) in [4.78, 5) is 21.3. The second-order valence-corrected chi connectivity index (χ2v) is 7.27. The van der Waals surface area contributed by atoms with E-state index in [1.807, 2.05) is 36.4 Å². The first-order valence-electron chi connectivity index (χ1n) is 7.76. The van der Waals surface area contributed by atoms with Crippen LogP contribution in [-0.4, -0.2) is 21.5 Å². The maximum absolute atomic E-state index is 12.6. The number of halogens is 1. The quantitative estimate of drug-likeness (QED) is 0.732. The second-order valence-electron chi connectivity index (χ2n) is 5.78. The van der Waals surface area contributed by atoms with Gasteiger partial charge < -0.3 is 4.98 Å². The lowest BCUT2D eigenvalue weighted by Gasteiger charge is -2.11. The number of ketones is 1. The fourth-order valence-electron chi connectivity index (χ4n) is 2.94. The van der Waals surface area contributed by atoms with Gasteiger partial charge in [-0.2, -0.15) is 0 Å². The average Bonchev–Trinajstić information content (AvgIpc) is 2.97. The van der Waals surface area contributed by atoms with Gasteiger partial charge in [0.05, 0.1) is 10.8 Å². The number of H-pyrrole nitrogens is 1. The van der Waals surface area contributed by atoms with Gasteiger partial charge in [-0.05, 0) is 24.6 Å². The molecule has 0 saturated heterocycles. The number of carbonyl (C=O) groups is 1. The number of nitrogens with one attached hydrogen (secondary N) is 1. The monoisotopic (exact) mass is 354 g/mol. The molecular formula is C19H15ClN2OS. The molecule has 1 unspecified atom stereocenters. The first kappa shape index (κ1) is 15.5. The van der Waals surface area contributed by atoms with Crippen LogP contribution in [0.3, 0.4) is 0 Å². The van der Waals surface area contributed by atoms with Crippen molar-refractivity contribution in [1.82, 2.24) is 9.97 Å². The van der Waals surface area contributed by atoms with E-state index in [4.69, 9.17) is 11.6 Å². The molecule has 0 bridgehead atoms. The molecule has 0 radical (unpaired) electrons. The fraction of sp³-hybridized carbons (Fsp3) is 0.158. The topological polar surface area (TPSA) is 45.8 Å². The van der Waals surface area contributed by atoms with Crippen LogP contribution in [0.15, 0.2) is 47.5 Å². The lowest BCUT2D eigenvalue weighted by Crippen LogP contribution is -2.30. The predicted octanol–water partition coefficient (Wildman–Crippen LogP) is 3.16. The third kappa shape index (κ3) is 2.99. The van der Waals surface area contributed by atoms with Crippen LogP contribution in [0, 0.1) is 5.92 Å². The number of hydrogen-bond acceptors (Lipinski definition) is 3. The Kier molecular flexibility index (Phi) is 4.17. The van der Waals surface area contributed by atoms with Gasteiger partial charge in [-0.25, -0.2) is 4.98 Å². The number of rotatable bonds is 4. The number of aromatic amines is 1. The lowest BCUT2D eigenvalue weighted by molar-refractivity contribution is -0.118. The number of pyridine rings is 1. The lowest BCUT2D eigenvalue weighted by atomic mass is 9.96. The third-order valence-corrected chi connectivity index (χ3v) is 5.41. The zero-order valence-corrected chi connectivity index (χ0v) is 14.4. The van der Waals surface area contributed by atoms with E-state index in [1.54, 1.807) is 18.0 Å². The molecule has 0 amide bonds. The smallest absolute Gasteiger partial charge is 0.150 e. The molecule has 1 atom stereocenters. The van der Waals surface area contributed by atoms with E-state index >= 15 is 0 Å². The summed E-state index contributed by atoms with van der Waals surface area (Å²) in [6.07, 6.45) is 6.49. The fourth-order valence-corrected chi connectivity index (χ4v) is 3.97. The van der Waals surface area contributed by atoms with Gasteiger partial charge in [-0.1, -0.05) is 42.0 Å². The molecular weight excluding hydrogens is 340 g/mol. The summed E-state index contributed by atoms with van der Waals surface area (Å²) >= 11 is 7.65. The van der Waals surface area contributed by atoms with E-state index in [0.29, 0.717) is 10.8 Å². The van der Waals surface area contributed by atoms with Crippen molar-refractivity contribution in [2.45, 2.75) is 11.3 Å². The van der Waals surface area contributed by atoms with Gasteiger partial charge in [-0.15, -0.1) is 11.8 Å². The number of benzene rings is 1. The Morgan fingerprint density at radius 1 is 1.33 bits per heavy atom. The minimum atomic E-state index is -0.0910. The Morgan fingerprint density at radius 3 is 3.00 bits per heavy atom. The maximum Gasteiger partial charge on any atom is 0.150 e. The minimum Gasteiger partial charge on any atom is -0.339 e. The van der Waals surface area contributed by atoms with E-state index in [-0.39, 0.29) is 11.7 Å². The van der Waals surface area contributed by atoms with Crippen molar-refractivity contribution < 1.29 is 4.79 Å². The summed E-state index contributed by atoms with van der Waals surface area (Å²) in [6.45, 7) is 0. The Morgan fingerprint density at radius 2 is 2.17 bits per heavy atom. The molecule has 0 fully saturated rings. The molecule has 4 rings (SSSR count). The van der Waals surface area contributed by atoms with E-state index < -0.39 is 0 Å². The van der Waals surface area contributed by atoms with Gasteiger partial charge in [0.1, 0.15) is 11.4 Å². The molecule has 5 heteroatoms. The highest BCUT2D eigenvalue weighted by Crippen LogP contribution is 2.21. The van der Waals surface area contributed by atoms with Gasteiger partial charge in [0.25, 0.3) is 0 Å². The highest BCUT2D eigenvalue weighted by molar-refractivity contribution is 8.00. The first-order valence-corrected chi connectivity index (χ1v) is 9.13. The normalized spacial score (nSPS) is 16.3. The van der Waals surface area contributed by atoms with Crippen LogP contribution < -0.4 is 10.6 Å². The molecule has 0 spiro atoms. The van der Waals surface area contributed by atoms with Crippen molar-refractivity contribution in [2.24, 2.45) is 5.92 Å².